The monoisotopic (exact) mass is 306 g/mol. The zero-order chi connectivity index (χ0) is 13.9. The number of halogens is 1. The maximum Gasteiger partial charge on any atom is 0.228 e. The lowest BCUT2D eigenvalue weighted by Crippen LogP contribution is -2.14. The third kappa shape index (κ3) is 2.81. The van der Waals surface area contributed by atoms with Gasteiger partial charge in [0.1, 0.15) is 0 Å². The van der Waals surface area contributed by atoms with Crippen LogP contribution in [-0.4, -0.2) is 20.7 Å². The number of hydrogen-bond acceptors (Lipinski definition) is 4. The van der Waals surface area contributed by atoms with Crippen LogP contribution in [0, 0.1) is 0 Å². The van der Waals surface area contributed by atoms with Crippen LogP contribution in [0.4, 0.5) is 5.13 Å². The molecule has 0 aliphatic rings. The molecule has 0 saturated carbocycles. The van der Waals surface area contributed by atoms with Crippen molar-refractivity contribution in [1.29, 1.82) is 0 Å². The molecule has 2 aromatic heterocycles. The average molecular weight is 307 g/mol. The van der Waals surface area contributed by atoms with Gasteiger partial charge in [-0.25, -0.2) is 4.98 Å². The van der Waals surface area contributed by atoms with Crippen LogP contribution in [0.2, 0.25) is 5.02 Å². The SMILES string of the molecule is O=C(CCn1ncc2ccc(Cl)cc21)Nc1nccs1. The minimum atomic E-state index is -0.0781. The number of benzene rings is 1. The third-order valence-corrected chi connectivity index (χ3v) is 3.76. The Bertz CT molecular complexity index is 738. The van der Waals surface area contributed by atoms with Crippen molar-refractivity contribution in [2.45, 2.75) is 13.0 Å². The molecule has 0 saturated heterocycles. The molecule has 2 heterocycles. The van der Waals surface area contributed by atoms with E-state index < -0.39 is 0 Å². The Morgan fingerprint density at radius 3 is 3.15 bits per heavy atom. The fourth-order valence-corrected chi connectivity index (χ4v) is 2.61. The van der Waals surface area contributed by atoms with Gasteiger partial charge in [-0.3, -0.25) is 9.48 Å². The molecule has 0 radical (unpaired) electrons. The van der Waals surface area contributed by atoms with Gasteiger partial charge in [-0.2, -0.15) is 5.10 Å². The molecule has 0 aliphatic heterocycles. The number of rotatable bonds is 4. The van der Waals surface area contributed by atoms with Gasteiger partial charge in [0.15, 0.2) is 5.13 Å². The normalized spacial score (nSPS) is 10.8. The zero-order valence-corrected chi connectivity index (χ0v) is 12.0. The molecular weight excluding hydrogens is 296 g/mol. The van der Waals surface area contributed by atoms with E-state index in [1.807, 2.05) is 23.6 Å². The van der Waals surface area contributed by atoms with Crippen LogP contribution >= 0.6 is 22.9 Å². The predicted octanol–water partition coefficient (Wildman–Crippen LogP) is 3.18. The molecular formula is C13H11ClN4OS. The van der Waals surface area contributed by atoms with E-state index in [-0.39, 0.29) is 5.91 Å². The summed E-state index contributed by atoms with van der Waals surface area (Å²) in [6, 6.07) is 5.59. The Kier molecular flexibility index (Phi) is 3.66. The average Bonchev–Trinajstić information content (AvgIpc) is 3.05. The number of thiazole rings is 1. The van der Waals surface area contributed by atoms with Crippen molar-refractivity contribution in [1.82, 2.24) is 14.8 Å². The van der Waals surface area contributed by atoms with Crippen molar-refractivity contribution >= 4 is 44.9 Å². The van der Waals surface area contributed by atoms with Crippen molar-refractivity contribution in [2.24, 2.45) is 0 Å². The summed E-state index contributed by atoms with van der Waals surface area (Å²) < 4.78 is 1.78. The molecule has 1 N–H and O–H groups in total. The van der Waals surface area contributed by atoms with Crippen LogP contribution in [0.1, 0.15) is 6.42 Å². The Hall–Kier alpha value is -1.92. The first-order valence-electron chi connectivity index (χ1n) is 6.03. The van der Waals surface area contributed by atoms with Gasteiger partial charge in [0.2, 0.25) is 5.91 Å². The van der Waals surface area contributed by atoms with E-state index >= 15 is 0 Å². The van der Waals surface area contributed by atoms with Crippen LogP contribution in [-0.2, 0) is 11.3 Å². The minimum absolute atomic E-state index is 0.0781. The highest BCUT2D eigenvalue weighted by molar-refractivity contribution is 7.13. The molecule has 0 aliphatic carbocycles. The Morgan fingerprint density at radius 1 is 1.45 bits per heavy atom. The predicted molar refractivity (Wildman–Crippen MR) is 80.1 cm³/mol. The summed E-state index contributed by atoms with van der Waals surface area (Å²) in [4.78, 5) is 15.8. The summed E-state index contributed by atoms with van der Waals surface area (Å²) in [6.07, 6.45) is 3.76. The van der Waals surface area contributed by atoms with Gasteiger partial charge in [-0.15, -0.1) is 11.3 Å². The Labute approximate surface area is 124 Å². The number of hydrogen-bond donors (Lipinski definition) is 1. The molecule has 102 valence electrons. The highest BCUT2D eigenvalue weighted by Crippen LogP contribution is 2.19. The number of aromatic nitrogens is 3. The summed E-state index contributed by atoms with van der Waals surface area (Å²) in [5.41, 5.74) is 0.930. The number of fused-ring (bicyclic) bond motifs is 1. The quantitative estimate of drug-likeness (QED) is 0.805. The van der Waals surface area contributed by atoms with Crippen molar-refractivity contribution in [3.63, 3.8) is 0 Å². The molecule has 0 unspecified atom stereocenters. The Morgan fingerprint density at radius 2 is 2.35 bits per heavy atom. The lowest BCUT2D eigenvalue weighted by molar-refractivity contribution is -0.116. The summed E-state index contributed by atoms with van der Waals surface area (Å²) in [6.45, 7) is 0.501. The Balaban J connectivity index is 1.67. The summed E-state index contributed by atoms with van der Waals surface area (Å²) in [7, 11) is 0. The second-order valence-corrected chi connectivity index (χ2v) is 5.54. The molecule has 3 aromatic rings. The van der Waals surface area contributed by atoms with Gasteiger partial charge in [-0.1, -0.05) is 11.6 Å². The van der Waals surface area contributed by atoms with Crippen molar-refractivity contribution in [3.8, 4) is 0 Å². The number of anilines is 1. The highest BCUT2D eigenvalue weighted by atomic mass is 35.5. The third-order valence-electron chi connectivity index (χ3n) is 2.84. The molecule has 1 aromatic carbocycles. The number of nitrogens with one attached hydrogen (secondary N) is 1. The van der Waals surface area contributed by atoms with Crippen LogP contribution in [0.25, 0.3) is 10.9 Å². The molecule has 0 spiro atoms. The lowest BCUT2D eigenvalue weighted by atomic mass is 10.2. The number of carbonyl (C=O) groups excluding carboxylic acids is 1. The summed E-state index contributed by atoms with van der Waals surface area (Å²) >= 11 is 7.37. The smallest absolute Gasteiger partial charge is 0.228 e. The van der Waals surface area contributed by atoms with Gasteiger partial charge in [-0.05, 0) is 18.2 Å². The molecule has 0 atom stereocenters. The van der Waals surface area contributed by atoms with Crippen LogP contribution < -0.4 is 5.32 Å². The van der Waals surface area contributed by atoms with Gasteiger partial charge in [0, 0.05) is 28.4 Å². The number of carbonyl (C=O) groups is 1. The van der Waals surface area contributed by atoms with Gasteiger partial charge in [0.25, 0.3) is 0 Å². The van der Waals surface area contributed by atoms with Crippen LogP contribution in [0.5, 0.6) is 0 Å². The summed E-state index contributed by atoms with van der Waals surface area (Å²) in [5.74, 6) is -0.0781. The molecule has 3 rings (SSSR count). The maximum atomic E-state index is 11.8. The van der Waals surface area contributed by atoms with E-state index in [9.17, 15) is 4.79 Å². The lowest BCUT2D eigenvalue weighted by Gasteiger charge is -2.04. The summed E-state index contributed by atoms with van der Waals surface area (Å²) in [5, 5.41) is 11.1. The maximum absolute atomic E-state index is 11.8. The first-order chi connectivity index (χ1) is 9.72. The van der Waals surface area contributed by atoms with E-state index in [4.69, 9.17) is 11.6 Å². The minimum Gasteiger partial charge on any atom is -0.302 e. The van der Waals surface area contributed by atoms with Gasteiger partial charge >= 0.3 is 0 Å². The molecule has 0 fully saturated rings. The van der Waals surface area contributed by atoms with Gasteiger partial charge in [0.05, 0.1) is 18.3 Å². The molecule has 5 nitrogen and oxygen atoms in total. The fraction of sp³-hybridized carbons (Fsp3) is 0.154. The first-order valence-corrected chi connectivity index (χ1v) is 7.28. The fourth-order valence-electron chi connectivity index (χ4n) is 1.90. The first kappa shape index (κ1) is 13.1. The molecule has 0 bridgehead atoms. The van der Waals surface area contributed by atoms with Crippen LogP contribution in [0.15, 0.2) is 36.0 Å². The van der Waals surface area contributed by atoms with Crippen molar-refractivity contribution in [3.05, 3.63) is 41.0 Å². The van der Waals surface area contributed by atoms with E-state index in [1.165, 1.54) is 11.3 Å². The van der Waals surface area contributed by atoms with E-state index in [0.717, 1.165) is 10.9 Å². The number of nitrogens with zero attached hydrogens (tertiary/aromatic N) is 3. The molecule has 7 heteroatoms. The largest absolute Gasteiger partial charge is 0.302 e. The van der Waals surface area contributed by atoms with Crippen molar-refractivity contribution in [2.75, 3.05) is 5.32 Å². The topological polar surface area (TPSA) is 59.8 Å². The molecule has 20 heavy (non-hydrogen) atoms. The number of amides is 1. The van der Waals surface area contributed by atoms with Gasteiger partial charge < -0.3 is 5.32 Å². The van der Waals surface area contributed by atoms with E-state index in [1.54, 1.807) is 17.1 Å². The van der Waals surface area contributed by atoms with Crippen molar-refractivity contribution < 1.29 is 4.79 Å². The second kappa shape index (κ2) is 5.60. The van der Waals surface area contributed by atoms with E-state index in [2.05, 4.69) is 15.4 Å². The zero-order valence-electron chi connectivity index (χ0n) is 10.4. The second-order valence-electron chi connectivity index (χ2n) is 4.21. The highest BCUT2D eigenvalue weighted by Gasteiger charge is 2.07. The van der Waals surface area contributed by atoms with Crippen LogP contribution in [0.3, 0.4) is 0 Å². The number of aryl methyl sites for hydroxylation is 1. The van der Waals surface area contributed by atoms with E-state index in [0.29, 0.717) is 23.1 Å². The standard InChI is InChI=1S/C13H11ClN4OS/c14-10-2-1-9-8-16-18(11(9)7-10)5-3-12(19)17-13-15-4-6-20-13/h1-2,4,6-8H,3,5H2,(H,15,17,19). The molecule has 1 amide bonds.